The Morgan fingerprint density at radius 1 is 1.03 bits per heavy atom. The summed E-state index contributed by atoms with van der Waals surface area (Å²) in [5.74, 6) is -0.383. The molecule has 1 fully saturated rings. The number of hydrogen-bond donors (Lipinski definition) is 4. The highest BCUT2D eigenvalue weighted by Crippen LogP contribution is 2.42. The minimum absolute atomic E-state index is 0.373. The number of anilines is 2. The van der Waals surface area contributed by atoms with Gasteiger partial charge in [-0.15, -0.1) is 0 Å². The van der Waals surface area contributed by atoms with Crippen LogP contribution < -0.4 is 5.32 Å². The smallest absolute Gasteiger partial charge is 0.164 e. The van der Waals surface area contributed by atoms with Crippen molar-refractivity contribution in [1.82, 2.24) is 14.5 Å². The number of nitrogens with one attached hydrogen (secondary N) is 1. The molecule has 8 nitrogen and oxygen atoms in total. The number of benzene rings is 2. The number of hydrogen-bond acceptors (Lipinski definition) is 7. The lowest BCUT2D eigenvalue weighted by molar-refractivity contribution is -0.115. The Morgan fingerprint density at radius 3 is 2.29 bits per heavy atom. The van der Waals surface area contributed by atoms with E-state index < -0.39 is 36.5 Å². The topological polar surface area (TPSA) is 113 Å². The van der Waals surface area contributed by atoms with Gasteiger partial charge in [-0.05, 0) is 48.9 Å². The summed E-state index contributed by atoms with van der Waals surface area (Å²) in [4.78, 5) is 8.73. The van der Waals surface area contributed by atoms with Crippen molar-refractivity contribution < 1.29 is 28.8 Å². The lowest BCUT2D eigenvalue weighted by Gasteiger charge is -2.24. The zero-order valence-corrected chi connectivity index (χ0v) is 18.1. The Balaban J connectivity index is 1.69. The zero-order chi connectivity index (χ0) is 24.0. The molecule has 0 spiro atoms. The predicted octanol–water partition coefficient (Wildman–Crippen LogP) is 3.12. The Hall–Kier alpha value is -3.44. The summed E-state index contributed by atoms with van der Waals surface area (Å²) in [6, 6.07) is 11.6. The molecule has 2 aromatic carbocycles. The SMILES string of the molecule is C[C@]1(CO)O[C@H](n2cc(-c3ccc(F)cc3)c3c(Nc4ccc(F)cc4)ncnc32)[C@@H](O)[C@H]1O. The van der Waals surface area contributed by atoms with E-state index in [0.29, 0.717) is 33.7 Å². The van der Waals surface area contributed by atoms with Gasteiger partial charge >= 0.3 is 0 Å². The Labute approximate surface area is 193 Å². The average molecular weight is 468 g/mol. The first-order valence-corrected chi connectivity index (χ1v) is 10.6. The molecule has 5 rings (SSSR count). The number of halogens is 2. The minimum atomic E-state index is -1.38. The fourth-order valence-electron chi connectivity index (χ4n) is 4.18. The second kappa shape index (κ2) is 8.41. The van der Waals surface area contributed by atoms with Crippen LogP contribution >= 0.6 is 0 Å². The fourth-order valence-corrected chi connectivity index (χ4v) is 4.18. The van der Waals surface area contributed by atoms with Crippen LogP contribution in [0.4, 0.5) is 20.3 Å². The molecule has 0 amide bonds. The highest BCUT2D eigenvalue weighted by molar-refractivity contribution is 6.02. The van der Waals surface area contributed by atoms with Crippen LogP contribution in [0.15, 0.2) is 61.1 Å². The number of rotatable bonds is 5. The van der Waals surface area contributed by atoms with Gasteiger partial charge < -0.3 is 29.9 Å². The zero-order valence-electron chi connectivity index (χ0n) is 18.1. The average Bonchev–Trinajstić information content (AvgIpc) is 3.33. The van der Waals surface area contributed by atoms with Crippen molar-refractivity contribution in [2.75, 3.05) is 11.9 Å². The van der Waals surface area contributed by atoms with Crippen molar-refractivity contribution >= 4 is 22.5 Å². The first-order chi connectivity index (χ1) is 16.3. The standard InChI is InChI=1S/C24H22F2N4O4/c1-24(11-31)20(33)19(32)23(34-24)30-10-17(13-2-4-14(25)5-3-13)18-21(27-12-28-22(18)30)29-16-8-6-15(26)7-9-16/h2-10,12,19-20,23,31-33H,11H2,1H3,(H,27,28,29)/t19-,20+,23-,24+/m0/s1. The van der Waals surface area contributed by atoms with E-state index in [9.17, 15) is 24.1 Å². The van der Waals surface area contributed by atoms with E-state index in [0.717, 1.165) is 0 Å². The quantitative estimate of drug-likeness (QED) is 0.356. The minimum Gasteiger partial charge on any atom is -0.393 e. The van der Waals surface area contributed by atoms with Gasteiger partial charge in [-0.3, -0.25) is 0 Å². The molecule has 1 aliphatic rings. The van der Waals surface area contributed by atoms with Gasteiger partial charge in [-0.1, -0.05) is 12.1 Å². The molecule has 0 radical (unpaired) electrons. The second-order valence-corrected chi connectivity index (χ2v) is 8.42. The molecular formula is C24H22F2N4O4. The first-order valence-electron chi connectivity index (χ1n) is 10.6. The summed E-state index contributed by atoms with van der Waals surface area (Å²) >= 11 is 0. The van der Waals surface area contributed by atoms with Crippen molar-refractivity contribution in [3.05, 3.63) is 72.7 Å². The highest BCUT2D eigenvalue weighted by atomic mass is 19.1. The van der Waals surface area contributed by atoms with Crippen LogP contribution in [0.2, 0.25) is 0 Å². The summed E-state index contributed by atoms with van der Waals surface area (Å²) in [6.45, 7) is 1.00. The molecule has 0 unspecified atom stereocenters. The van der Waals surface area contributed by atoms with E-state index in [2.05, 4.69) is 15.3 Å². The third-order valence-corrected chi connectivity index (χ3v) is 6.09. The monoisotopic (exact) mass is 468 g/mol. The molecule has 176 valence electrons. The summed E-state index contributed by atoms with van der Waals surface area (Å²) in [5, 5.41) is 34.6. The molecule has 3 heterocycles. The van der Waals surface area contributed by atoms with Crippen LogP contribution in [0, 0.1) is 11.6 Å². The van der Waals surface area contributed by atoms with Crippen LogP contribution in [0.25, 0.3) is 22.2 Å². The number of nitrogens with zero attached hydrogens (tertiary/aromatic N) is 3. The number of aliphatic hydroxyl groups is 3. The largest absolute Gasteiger partial charge is 0.393 e. The van der Waals surface area contributed by atoms with Crippen molar-refractivity contribution in [1.29, 1.82) is 0 Å². The van der Waals surface area contributed by atoms with Crippen LogP contribution in [0.3, 0.4) is 0 Å². The Kier molecular flexibility index (Phi) is 5.53. The van der Waals surface area contributed by atoms with E-state index in [1.54, 1.807) is 35.0 Å². The van der Waals surface area contributed by atoms with Crippen molar-refractivity contribution in [3.8, 4) is 11.1 Å². The number of fused-ring (bicyclic) bond motifs is 1. The first kappa shape index (κ1) is 22.4. The van der Waals surface area contributed by atoms with Gasteiger partial charge in [-0.2, -0.15) is 0 Å². The second-order valence-electron chi connectivity index (χ2n) is 8.42. The molecule has 2 aromatic heterocycles. The van der Waals surface area contributed by atoms with Crippen LogP contribution in [-0.4, -0.2) is 54.3 Å². The van der Waals surface area contributed by atoms with Gasteiger partial charge in [0.15, 0.2) is 6.23 Å². The van der Waals surface area contributed by atoms with E-state index in [1.807, 2.05) is 0 Å². The number of ether oxygens (including phenoxy) is 1. The highest BCUT2D eigenvalue weighted by Gasteiger charge is 2.52. The third kappa shape index (κ3) is 3.70. The molecule has 10 heteroatoms. The van der Waals surface area contributed by atoms with Gasteiger partial charge in [0, 0.05) is 17.4 Å². The van der Waals surface area contributed by atoms with E-state index >= 15 is 0 Å². The van der Waals surface area contributed by atoms with Gasteiger partial charge in [-0.25, -0.2) is 18.7 Å². The molecule has 0 aliphatic carbocycles. The third-order valence-electron chi connectivity index (χ3n) is 6.09. The maximum absolute atomic E-state index is 13.6. The Bertz CT molecular complexity index is 1330. The van der Waals surface area contributed by atoms with E-state index in [-0.39, 0.29) is 5.82 Å². The van der Waals surface area contributed by atoms with Crippen molar-refractivity contribution in [2.24, 2.45) is 0 Å². The molecule has 1 saturated heterocycles. The molecule has 4 aromatic rings. The fraction of sp³-hybridized carbons (Fsp3) is 0.250. The normalized spacial score (nSPS) is 24.6. The molecule has 0 saturated carbocycles. The molecule has 34 heavy (non-hydrogen) atoms. The van der Waals surface area contributed by atoms with Crippen molar-refractivity contribution in [3.63, 3.8) is 0 Å². The maximum Gasteiger partial charge on any atom is 0.164 e. The van der Waals surface area contributed by atoms with Gasteiger partial charge in [0.05, 0.1) is 12.0 Å². The summed E-state index contributed by atoms with van der Waals surface area (Å²) < 4.78 is 34.4. The summed E-state index contributed by atoms with van der Waals surface area (Å²) in [5.41, 5.74) is 0.846. The van der Waals surface area contributed by atoms with E-state index in [1.165, 1.54) is 37.5 Å². The molecule has 4 N–H and O–H groups in total. The lowest BCUT2D eigenvalue weighted by Crippen LogP contribution is -2.43. The molecule has 1 aliphatic heterocycles. The number of aliphatic hydroxyl groups excluding tert-OH is 3. The van der Waals surface area contributed by atoms with Crippen molar-refractivity contribution in [2.45, 2.75) is 31.0 Å². The maximum atomic E-state index is 13.6. The molecule has 0 bridgehead atoms. The predicted molar refractivity (Wildman–Crippen MR) is 120 cm³/mol. The van der Waals surface area contributed by atoms with E-state index in [4.69, 9.17) is 4.74 Å². The van der Waals surface area contributed by atoms with Crippen LogP contribution in [-0.2, 0) is 4.74 Å². The van der Waals surface area contributed by atoms with Crippen LogP contribution in [0.1, 0.15) is 13.2 Å². The summed E-state index contributed by atoms with van der Waals surface area (Å²) in [6.07, 6.45) is -0.753. The van der Waals surface area contributed by atoms with Crippen LogP contribution in [0.5, 0.6) is 0 Å². The number of aromatic nitrogens is 3. The molecular weight excluding hydrogens is 446 g/mol. The Morgan fingerprint density at radius 2 is 1.68 bits per heavy atom. The molecule has 4 atom stereocenters. The lowest BCUT2D eigenvalue weighted by atomic mass is 9.99. The van der Waals surface area contributed by atoms with Gasteiger partial charge in [0.2, 0.25) is 0 Å². The summed E-state index contributed by atoms with van der Waals surface area (Å²) in [7, 11) is 0. The van der Waals surface area contributed by atoms with Gasteiger partial charge in [0.1, 0.15) is 47.2 Å². The van der Waals surface area contributed by atoms with Gasteiger partial charge in [0.25, 0.3) is 0 Å².